The molecule has 3 aromatic rings. The number of hydrogen-bond donors (Lipinski definition) is 1. The van der Waals surface area contributed by atoms with E-state index in [1.165, 1.54) is 0 Å². The van der Waals surface area contributed by atoms with Crippen LogP contribution < -0.4 is 5.32 Å². The number of thiophene rings is 1. The second-order valence-corrected chi connectivity index (χ2v) is 7.26. The summed E-state index contributed by atoms with van der Waals surface area (Å²) in [5.74, 6) is 0.00554. The molecule has 0 atom stereocenters. The zero-order valence-electron chi connectivity index (χ0n) is 13.0. The van der Waals surface area contributed by atoms with E-state index in [0.717, 1.165) is 21.5 Å². The molecular weight excluding hydrogens is 294 g/mol. The van der Waals surface area contributed by atoms with Crippen LogP contribution in [-0.2, 0) is 11.3 Å². The molecule has 0 bridgehead atoms. The van der Waals surface area contributed by atoms with Crippen LogP contribution in [0, 0.1) is 0 Å². The molecule has 5 heteroatoms. The predicted molar refractivity (Wildman–Crippen MR) is 90.9 cm³/mol. The van der Waals surface area contributed by atoms with Crippen LogP contribution in [0.15, 0.2) is 42.0 Å². The molecule has 0 spiro atoms. The lowest BCUT2D eigenvalue weighted by molar-refractivity contribution is -0.123. The van der Waals surface area contributed by atoms with Crippen LogP contribution in [0.1, 0.15) is 20.8 Å². The topological polar surface area (TPSA) is 46.9 Å². The van der Waals surface area contributed by atoms with Crippen LogP contribution in [-0.4, -0.2) is 21.0 Å². The minimum Gasteiger partial charge on any atom is -0.350 e. The van der Waals surface area contributed by atoms with Gasteiger partial charge >= 0.3 is 0 Å². The van der Waals surface area contributed by atoms with Gasteiger partial charge in [0.15, 0.2) is 0 Å². The molecule has 3 heterocycles. The third-order valence-electron chi connectivity index (χ3n) is 3.26. The SMILES string of the molecule is CC(C)(C)NC(=O)Cn1ccc2ccnc(-c3cccs3)c21. The van der Waals surface area contributed by atoms with Gasteiger partial charge in [0, 0.05) is 23.3 Å². The maximum absolute atomic E-state index is 12.2. The molecule has 0 aliphatic rings. The summed E-state index contributed by atoms with van der Waals surface area (Å²) in [5.41, 5.74) is 1.71. The lowest BCUT2D eigenvalue weighted by Gasteiger charge is -2.21. The fraction of sp³-hybridized carbons (Fsp3) is 0.294. The van der Waals surface area contributed by atoms with Gasteiger partial charge in [0.05, 0.1) is 10.4 Å². The highest BCUT2D eigenvalue weighted by Gasteiger charge is 2.16. The molecule has 3 aromatic heterocycles. The standard InChI is InChI=1S/C17H19N3OS/c1-17(2,3)19-14(21)11-20-9-7-12-6-8-18-15(16(12)20)13-5-4-10-22-13/h4-10H,11H2,1-3H3,(H,19,21). The van der Waals surface area contributed by atoms with Gasteiger partial charge in [0.25, 0.3) is 0 Å². The fourth-order valence-corrected chi connectivity index (χ4v) is 3.21. The molecular formula is C17H19N3OS. The Hall–Kier alpha value is -2.14. The van der Waals surface area contributed by atoms with Crippen molar-refractivity contribution >= 4 is 28.1 Å². The van der Waals surface area contributed by atoms with Gasteiger partial charge in [-0.2, -0.15) is 0 Å². The van der Waals surface area contributed by atoms with E-state index in [9.17, 15) is 4.79 Å². The summed E-state index contributed by atoms with van der Waals surface area (Å²) >= 11 is 1.66. The molecule has 0 aliphatic heterocycles. The van der Waals surface area contributed by atoms with Crippen molar-refractivity contribution in [2.75, 3.05) is 0 Å². The molecule has 0 fully saturated rings. The van der Waals surface area contributed by atoms with Crippen molar-refractivity contribution in [1.29, 1.82) is 0 Å². The molecule has 1 amide bonds. The molecule has 0 saturated heterocycles. The van der Waals surface area contributed by atoms with Gasteiger partial charge in [-0.05, 0) is 44.4 Å². The summed E-state index contributed by atoms with van der Waals surface area (Å²) in [7, 11) is 0. The van der Waals surface area contributed by atoms with E-state index < -0.39 is 0 Å². The lowest BCUT2D eigenvalue weighted by atomic mass is 10.1. The molecule has 1 N–H and O–H groups in total. The van der Waals surface area contributed by atoms with Crippen molar-refractivity contribution in [3.05, 3.63) is 42.0 Å². The molecule has 114 valence electrons. The highest BCUT2D eigenvalue weighted by atomic mass is 32.1. The number of nitrogens with zero attached hydrogens (tertiary/aromatic N) is 2. The van der Waals surface area contributed by atoms with E-state index >= 15 is 0 Å². The Bertz CT molecular complexity index is 797. The maximum atomic E-state index is 12.2. The Morgan fingerprint density at radius 1 is 1.32 bits per heavy atom. The third-order valence-corrected chi connectivity index (χ3v) is 4.14. The van der Waals surface area contributed by atoms with E-state index in [0.29, 0.717) is 6.54 Å². The van der Waals surface area contributed by atoms with Gasteiger partial charge in [0.1, 0.15) is 12.2 Å². The first kappa shape index (κ1) is 14.8. The minimum atomic E-state index is -0.227. The normalized spacial score (nSPS) is 11.8. The van der Waals surface area contributed by atoms with E-state index in [4.69, 9.17) is 0 Å². The number of fused-ring (bicyclic) bond motifs is 1. The van der Waals surface area contributed by atoms with Gasteiger partial charge < -0.3 is 9.88 Å². The lowest BCUT2D eigenvalue weighted by Crippen LogP contribution is -2.42. The molecule has 0 unspecified atom stereocenters. The Kier molecular flexibility index (Phi) is 3.74. The Balaban J connectivity index is 1.99. The van der Waals surface area contributed by atoms with Crippen molar-refractivity contribution in [3.8, 4) is 10.6 Å². The van der Waals surface area contributed by atoms with Crippen molar-refractivity contribution in [2.24, 2.45) is 0 Å². The summed E-state index contributed by atoms with van der Waals surface area (Å²) in [4.78, 5) is 17.9. The number of carbonyl (C=O) groups excluding carboxylic acids is 1. The number of rotatable bonds is 3. The van der Waals surface area contributed by atoms with E-state index in [1.54, 1.807) is 11.3 Å². The van der Waals surface area contributed by atoms with Crippen molar-refractivity contribution in [2.45, 2.75) is 32.9 Å². The Morgan fingerprint density at radius 2 is 2.14 bits per heavy atom. The van der Waals surface area contributed by atoms with Gasteiger partial charge in [-0.1, -0.05) is 6.07 Å². The molecule has 0 aliphatic carbocycles. The Labute approximate surface area is 133 Å². The van der Waals surface area contributed by atoms with Crippen LogP contribution in [0.4, 0.5) is 0 Å². The van der Waals surface area contributed by atoms with Crippen molar-refractivity contribution < 1.29 is 4.79 Å². The van der Waals surface area contributed by atoms with Crippen LogP contribution in [0.5, 0.6) is 0 Å². The molecule has 0 saturated carbocycles. The first-order valence-corrected chi connectivity index (χ1v) is 8.11. The number of aromatic nitrogens is 2. The predicted octanol–water partition coefficient (Wildman–Crippen LogP) is 3.68. The summed E-state index contributed by atoms with van der Waals surface area (Å²) in [6, 6.07) is 8.07. The third kappa shape index (κ3) is 3.04. The van der Waals surface area contributed by atoms with Gasteiger partial charge in [0.2, 0.25) is 5.91 Å². The fourth-order valence-electron chi connectivity index (χ4n) is 2.49. The zero-order valence-corrected chi connectivity index (χ0v) is 13.8. The van der Waals surface area contributed by atoms with Crippen LogP contribution in [0.2, 0.25) is 0 Å². The van der Waals surface area contributed by atoms with Crippen LogP contribution in [0.3, 0.4) is 0 Å². The molecule has 4 nitrogen and oxygen atoms in total. The first-order chi connectivity index (χ1) is 10.4. The number of nitrogens with one attached hydrogen (secondary N) is 1. The largest absolute Gasteiger partial charge is 0.350 e. The smallest absolute Gasteiger partial charge is 0.240 e. The van der Waals surface area contributed by atoms with Gasteiger partial charge in [-0.25, -0.2) is 0 Å². The number of carbonyl (C=O) groups is 1. The molecule has 0 radical (unpaired) electrons. The molecule has 3 rings (SSSR count). The average Bonchev–Trinajstić information content (AvgIpc) is 3.06. The van der Waals surface area contributed by atoms with E-state index in [-0.39, 0.29) is 11.4 Å². The second-order valence-electron chi connectivity index (χ2n) is 6.32. The van der Waals surface area contributed by atoms with Crippen molar-refractivity contribution in [1.82, 2.24) is 14.9 Å². The minimum absolute atomic E-state index is 0.00554. The first-order valence-electron chi connectivity index (χ1n) is 7.23. The quantitative estimate of drug-likeness (QED) is 0.802. The zero-order chi connectivity index (χ0) is 15.7. The summed E-state index contributed by atoms with van der Waals surface area (Å²) in [6.07, 6.45) is 3.77. The number of pyridine rings is 1. The van der Waals surface area contributed by atoms with Gasteiger partial charge in [-0.3, -0.25) is 9.78 Å². The Morgan fingerprint density at radius 3 is 2.82 bits per heavy atom. The maximum Gasteiger partial charge on any atom is 0.240 e. The number of hydrogen-bond acceptors (Lipinski definition) is 3. The highest BCUT2D eigenvalue weighted by molar-refractivity contribution is 7.13. The molecule has 0 aromatic carbocycles. The van der Waals surface area contributed by atoms with E-state index in [2.05, 4.69) is 16.4 Å². The average molecular weight is 313 g/mol. The summed E-state index contributed by atoms with van der Waals surface area (Å²) < 4.78 is 1.97. The summed E-state index contributed by atoms with van der Waals surface area (Å²) in [5, 5.41) is 6.13. The highest BCUT2D eigenvalue weighted by Crippen LogP contribution is 2.30. The molecule has 22 heavy (non-hydrogen) atoms. The number of amides is 1. The summed E-state index contributed by atoms with van der Waals surface area (Å²) in [6.45, 7) is 6.25. The van der Waals surface area contributed by atoms with Crippen LogP contribution in [0.25, 0.3) is 21.5 Å². The monoisotopic (exact) mass is 313 g/mol. The van der Waals surface area contributed by atoms with E-state index in [1.807, 2.05) is 61.3 Å². The van der Waals surface area contributed by atoms with Crippen molar-refractivity contribution in [3.63, 3.8) is 0 Å². The second kappa shape index (κ2) is 5.57. The van der Waals surface area contributed by atoms with Crippen LogP contribution >= 0.6 is 11.3 Å². The van der Waals surface area contributed by atoms with Gasteiger partial charge in [-0.15, -0.1) is 11.3 Å².